The molecule has 0 saturated carbocycles. The Hall–Kier alpha value is -1.34. The number of anilines is 1. The minimum atomic E-state index is -2.17. The van der Waals surface area contributed by atoms with Crippen LogP contribution in [0.15, 0.2) is 29.6 Å². The number of carbonyl (C=O) groups is 2. The third-order valence-electron chi connectivity index (χ3n) is 2.91. The fraction of sp³-hybridized carbons (Fsp3) is 0.200. The smallest absolute Gasteiger partial charge is 0.341 e. The summed E-state index contributed by atoms with van der Waals surface area (Å²) in [5.41, 5.74) is 1.19. The van der Waals surface area contributed by atoms with Gasteiger partial charge in [-0.05, 0) is 24.6 Å². The minimum Gasteiger partial charge on any atom is -0.462 e. The summed E-state index contributed by atoms with van der Waals surface area (Å²) < 4.78 is 15.9. The fourth-order valence-corrected chi connectivity index (χ4v) is 2.97. The van der Waals surface area contributed by atoms with Crippen molar-refractivity contribution in [2.45, 2.75) is 10.7 Å². The maximum Gasteiger partial charge on any atom is 0.341 e. The van der Waals surface area contributed by atoms with Crippen LogP contribution in [0.25, 0.3) is 11.1 Å². The molecule has 0 atom stereocenters. The van der Waals surface area contributed by atoms with E-state index in [1.165, 1.54) is 24.3 Å². The zero-order chi connectivity index (χ0) is 17.9. The molecule has 0 spiro atoms. The van der Waals surface area contributed by atoms with E-state index in [2.05, 4.69) is 5.32 Å². The number of nitrogens with one attached hydrogen (secondary N) is 1. The highest BCUT2D eigenvalue weighted by molar-refractivity contribution is 7.15. The molecule has 2 rings (SSSR count). The lowest BCUT2D eigenvalue weighted by Crippen LogP contribution is -2.27. The Kier molecular flexibility index (Phi) is 6.09. The number of amides is 1. The lowest BCUT2D eigenvalue weighted by atomic mass is 10.0. The first-order valence-electron chi connectivity index (χ1n) is 6.66. The Balaban J connectivity index is 2.47. The molecule has 0 unspecified atom stereocenters. The molecule has 1 amide bonds. The van der Waals surface area contributed by atoms with Gasteiger partial charge in [-0.1, -0.05) is 46.9 Å². The molecule has 2 aromatic rings. The van der Waals surface area contributed by atoms with Crippen molar-refractivity contribution in [3.05, 3.63) is 41.0 Å². The van der Waals surface area contributed by atoms with Crippen molar-refractivity contribution in [1.29, 1.82) is 0 Å². The number of carbonyl (C=O) groups excluding carboxylic acids is 2. The van der Waals surface area contributed by atoms with E-state index in [1.807, 2.05) is 0 Å². The number of hydrogen-bond donors (Lipinski definition) is 1. The summed E-state index contributed by atoms with van der Waals surface area (Å²) in [7, 11) is 0. The predicted octanol–water partition coefficient (Wildman–Crippen LogP) is 5.04. The second-order valence-corrected chi connectivity index (χ2v) is 7.69. The quantitative estimate of drug-likeness (QED) is 0.567. The number of esters is 1. The third kappa shape index (κ3) is 4.39. The molecule has 0 radical (unpaired) electrons. The summed E-state index contributed by atoms with van der Waals surface area (Å²) in [5.74, 6) is -1.94. The highest BCUT2D eigenvalue weighted by Crippen LogP contribution is 2.38. The Morgan fingerprint density at radius 1 is 1.25 bits per heavy atom. The van der Waals surface area contributed by atoms with Gasteiger partial charge in [-0.2, -0.15) is 0 Å². The molecule has 0 saturated heterocycles. The summed E-state index contributed by atoms with van der Waals surface area (Å²) in [6.07, 6.45) is 0. The van der Waals surface area contributed by atoms with E-state index >= 15 is 0 Å². The van der Waals surface area contributed by atoms with Crippen molar-refractivity contribution in [2.75, 3.05) is 11.9 Å². The molecule has 1 aromatic heterocycles. The van der Waals surface area contributed by atoms with Gasteiger partial charge < -0.3 is 10.1 Å². The second kappa shape index (κ2) is 7.70. The van der Waals surface area contributed by atoms with Crippen LogP contribution >= 0.6 is 46.1 Å². The van der Waals surface area contributed by atoms with Gasteiger partial charge in [-0.25, -0.2) is 9.18 Å². The van der Waals surface area contributed by atoms with Gasteiger partial charge in [0.05, 0.1) is 6.61 Å². The average Bonchev–Trinajstić information content (AvgIpc) is 2.91. The molecule has 1 N–H and O–H groups in total. The number of benzene rings is 1. The zero-order valence-corrected chi connectivity index (χ0v) is 15.3. The van der Waals surface area contributed by atoms with Crippen molar-refractivity contribution in [3.63, 3.8) is 0 Å². The second-order valence-electron chi connectivity index (χ2n) is 4.53. The lowest BCUT2D eigenvalue weighted by molar-refractivity contribution is -0.115. The molecule has 0 bridgehead atoms. The van der Waals surface area contributed by atoms with Gasteiger partial charge in [0.2, 0.25) is 0 Å². The van der Waals surface area contributed by atoms with Crippen molar-refractivity contribution in [2.24, 2.45) is 0 Å². The number of halogens is 4. The van der Waals surface area contributed by atoms with Crippen molar-refractivity contribution in [1.82, 2.24) is 0 Å². The molecule has 0 aliphatic carbocycles. The van der Waals surface area contributed by atoms with Crippen LogP contribution in [0.3, 0.4) is 0 Å². The number of alkyl halides is 3. The molecular weight excluding hydrogens is 400 g/mol. The van der Waals surface area contributed by atoms with Gasteiger partial charge in [0, 0.05) is 10.9 Å². The zero-order valence-electron chi connectivity index (χ0n) is 12.2. The van der Waals surface area contributed by atoms with Gasteiger partial charge in [-0.3, -0.25) is 4.79 Å². The van der Waals surface area contributed by atoms with Crippen LogP contribution in [-0.4, -0.2) is 22.3 Å². The summed E-state index contributed by atoms with van der Waals surface area (Å²) in [6.45, 7) is 1.80. The molecule has 24 heavy (non-hydrogen) atoms. The Morgan fingerprint density at radius 2 is 1.88 bits per heavy atom. The molecule has 4 nitrogen and oxygen atoms in total. The van der Waals surface area contributed by atoms with Crippen LogP contribution < -0.4 is 5.32 Å². The summed E-state index contributed by atoms with van der Waals surface area (Å²) in [5, 5.41) is 4.22. The topological polar surface area (TPSA) is 55.4 Å². The monoisotopic (exact) mass is 409 g/mol. The Morgan fingerprint density at radius 3 is 2.42 bits per heavy atom. The predicted molar refractivity (Wildman–Crippen MR) is 94.6 cm³/mol. The maximum atomic E-state index is 13.1. The first kappa shape index (κ1) is 19.0. The SMILES string of the molecule is CCOC(=O)c1c(-c2ccc(F)cc2)csc1NC(=O)C(Cl)(Cl)Cl. The van der Waals surface area contributed by atoms with E-state index in [0.717, 1.165) is 11.3 Å². The van der Waals surface area contributed by atoms with E-state index in [-0.39, 0.29) is 17.2 Å². The molecule has 0 aliphatic heterocycles. The van der Waals surface area contributed by atoms with E-state index in [0.29, 0.717) is 11.1 Å². The number of hydrogen-bond acceptors (Lipinski definition) is 4. The van der Waals surface area contributed by atoms with Gasteiger partial charge in [0.25, 0.3) is 9.70 Å². The molecule has 0 aliphatic rings. The van der Waals surface area contributed by atoms with Crippen LogP contribution in [0.4, 0.5) is 9.39 Å². The standard InChI is InChI=1S/C15H11Cl3FNO3S/c1-2-23-13(21)11-10(8-3-5-9(19)6-4-8)7-24-12(11)20-14(22)15(16,17)18/h3-7H,2H2,1H3,(H,20,22). The molecule has 1 heterocycles. The van der Waals surface area contributed by atoms with Crippen LogP contribution in [0.1, 0.15) is 17.3 Å². The van der Waals surface area contributed by atoms with Crippen LogP contribution in [0.5, 0.6) is 0 Å². The summed E-state index contributed by atoms with van der Waals surface area (Å²) in [6, 6.07) is 5.56. The van der Waals surface area contributed by atoms with Crippen molar-refractivity contribution in [3.8, 4) is 11.1 Å². The lowest BCUT2D eigenvalue weighted by Gasteiger charge is -2.12. The Bertz CT molecular complexity index is 756. The number of rotatable bonds is 4. The van der Waals surface area contributed by atoms with Gasteiger partial charge >= 0.3 is 5.97 Å². The third-order valence-corrected chi connectivity index (χ3v) is 4.32. The van der Waals surface area contributed by atoms with Gasteiger partial charge in [0.1, 0.15) is 16.4 Å². The minimum absolute atomic E-state index is 0.121. The summed E-state index contributed by atoms with van der Waals surface area (Å²) >= 11 is 17.7. The van der Waals surface area contributed by atoms with Crippen molar-refractivity contribution >= 4 is 63.0 Å². The molecule has 0 fully saturated rings. The summed E-state index contributed by atoms with van der Waals surface area (Å²) in [4.78, 5) is 24.1. The van der Waals surface area contributed by atoms with E-state index < -0.39 is 21.5 Å². The molecule has 1 aromatic carbocycles. The van der Waals surface area contributed by atoms with Crippen molar-refractivity contribution < 1.29 is 18.7 Å². The average molecular weight is 411 g/mol. The molecular formula is C15H11Cl3FNO3S. The highest BCUT2D eigenvalue weighted by Gasteiger charge is 2.33. The highest BCUT2D eigenvalue weighted by atomic mass is 35.6. The van der Waals surface area contributed by atoms with E-state index in [9.17, 15) is 14.0 Å². The number of thiophene rings is 1. The first-order valence-corrected chi connectivity index (χ1v) is 8.68. The van der Waals surface area contributed by atoms with Crippen LogP contribution in [0, 0.1) is 5.82 Å². The van der Waals surface area contributed by atoms with Gasteiger partial charge in [0.15, 0.2) is 0 Å². The number of ether oxygens (including phenoxy) is 1. The van der Waals surface area contributed by atoms with Gasteiger partial charge in [-0.15, -0.1) is 11.3 Å². The first-order chi connectivity index (χ1) is 11.2. The fourth-order valence-electron chi connectivity index (χ4n) is 1.87. The largest absolute Gasteiger partial charge is 0.462 e. The van der Waals surface area contributed by atoms with Crippen LogP contribution in [-0.2, 0) is 9.53 Å². The van der Waals surface area contributed by atoms with Crippen LogP contribution in [0.2, 0.25) is 0 Å². The molecule has 128 valence electrons. The normalized spacial score (nSPS) is 11.2. The Labute approximate surface area is 156 Å². The molecule has 9 heteroatoms. The van der Waals surface area contributed by atoms with E-state index in [4.69, 9.17) is 39.5 Å². The van der Waals surface area contributed by atoms with E-state index in [1.54, 1.807) is 12.3 Å². The maximum absolute atomic E-state index is 13.1.